The van der Waals surface area contributed by atoms with E-state index in [9.17, 15) is 9.18 Å². The van der Waals surface area contributed by atoms with Gasteiger partial charge in [0.15, 0.2) is 0 Å². The Labute approximate surface area is 109 Å². The molecule has 0 atom stereocenters. The average Bonchev–Trinajstić information content (AvgIpc) is 2.78. The Balaban J connectivity index is 2.35. The largest absolute Gasteiger partial charge is 0.288 e. The fraction of sp³-hybridized carbons (Fsp3) is 0.231. The molecule has 0 bridgehead atoms. The monoisotopic (exact) mass is 266 g/mol. The summed E-state index contributed by atoms with van der Waals surface area (Å²) < 4.78 is 15.3. The smallest absolute Gasteiger partial charge is 0.200 e. The number of benzene rings is 1. The van der Waals surface area contributed by atoms with Crippen LogP contribution in [0.3, 0.4) is 0 Å². The van der Waals surface area contributed by atoms with Crippen LogP contribution < -0.4 is 0 Å². The van der Waals surface area contributed by atoms with Crippen molar-refractivity contribution in [2.45, 2.75) is 19.9 Å². The van der Waals surface area contributed by atoms with Crippen LogP contribution in [-0.4, -0.2) is 15.6 Å². The summed E-state index contributed by atoms with van der Waals surface area (Å²) in [5, 5.41) is 4.16. The van der Waals surface area contributed by atoms with Gasteiger partial charge in [0.2, 0.25) is 5.78 Å². The Morgan fingerprint density at radius 1 is 1.50 bits per heavy atom. The number of carbonyl (C=O) groups is 1. The van der Waals surface area contributed by atoms with Crippen LogP contribution in [0.15, 0.2) is 30.6 Å². The topological polar surface area (TPSA) is 34.9 Å². The summed E-state index contributed by atoms with van der Waals surface area (Å²) in [6.07, 6.45) is 3.95. The van der Waals surface area contributed by atoms with E-state index in [1.54, 1.807) is 10.9 Å². The number of ketones is 1. The molecule has 5 heteroatoms. The lowest BCUT2D eigenvalue weighted by Crippen LogP contribution is -2.04. The molecule has 0 spiro atoms. The third kappa shape index (κ3) is 2.43. The van der Waals surface area contributed by atoms with Crippen molar-refractivity contribution < 1.29 is 9.18 Å². The number of aromatic nitrogens is 2. The molecule has 0 amide bonds. The molecule has 18 heavy (non-hydrogen) atoms. The minimum atomic E-state index is -0.615. The minimum Gasteiger partial charge on any atom is -0.288 e. The van der Waals surface area contributed by atoms with Crippen molar-refractivity contribution >= 4 is 17.4 Å². The Morgan fingerprint density at radius 3 is 2.94 bits per heavy atom. The highest BCUT2D eigenvalue weighted by Crippen LogP contribution is 2.22. The summed E-state index contributed by atoms with van der Waals surface area (Å²) >= 11 is 5.85. The van der Waals surface area contributed by atoms with Crippen molar-refractivity contribution in [3.8, 4) is 0 Å². The highest BCUT2D eigenvalue weighted by Gasteiger charge is 2.18. The molecule has 0 saturated heterocycles. The summed E-state index contributed by atoms with van der Waals surface area (Å²) in [5.41, 5.74) is 0.241. The zero-order chi connectivity index (χ0) is 13.1. The normalized spacial score (nSPS) is 10.6. The van der Waals surface area contributed by atoms with Crippen molar-refractivity contribution in [2.24, 2.45) is 0 Å². The van der Waals surface area contributed by atoms with Crippen LogP contribution >= 0.6 is 11.6 Å². The summed E-state index contributed by atoms with van der Waals surface area (Å²) in [7, 11) is 0. The van der Waals surface area contributed by atoms with Gasteiger partial charge in [0, 0.05) is 12.7 Å². The number of halogens is 2. The first-order chi connectivity index (χ1) is 8.63. The van der Waals surface area contributed by atoms with Gasteiger partial charge in [0.05, 0.1) is 22.3 Å². The standard InChI is InChI=1S/C13H12ClFN2O/c1-2-6-17-8-9(7-16-17)13(18)12-10(14)4-3-5-11(12)15/h3-5,7-8H,2,6H2,1H3. The molecule has 94 valence electrons. The van der Waals surface area contributed by atoms with E-state index in [1.807, 2.05) is 6.92 Å². The number of rotatable bonds is 4. The van der Waals surface area contributed by atoms with Crippen molar-refractivity contribution in [1.82, 2.24) is 9.78 Å². The quantitative estimate of drug-likeness (QED) is 0.796. The van der Waals surface area contributed by atoms with Gasteiger partial charge in [-0.3, -0.25) is 9.48 Å². The number of nitrogens with zero attached hydrogens (tertiary/aromatic N) is 2. The van der Waals surface area contributed by atoms with Crippen LogP contribution in [0.4, 0.5) is 4.39 Å². The molecule has 1 aromatic heterocycles. The van der Waals surface area contributed by atoms with E-state index in [0.717, 1.165) is 13.0 Å². The molecule has 0 aliphatic heterocycles. The van der Waals surface area contributed by atoms with E-state index in [2.05, 4.69) is 5.10 Å². The lowest BCUT2D eigenvalue weighted by atomic mass is 10.1. The maximum absolute atomic E-state index is 13.6. The van der Waals surface area contributed by atoms with Crippen LogP contribution in [0.1, 0.15) is 29.3 Å². The molecule has 0 N–H and O–H groups in total. The second-order valence-electron chi connectivity index (χ2n) is 3.92. The summed E-state index contributed by atoms with van der Waals surface area (Å²) in [4.78, 5) is 12.1. The molecule has 2 aromatic rings. The maximum atomic E-state index is 13.6. The third-order valence-corrected chi connectivity index (χ3v) is 2.85. The van der Waals surface area contributed by atoms with E-state index < -0.39 is 11.6 Å². The molecule has 0 unspecified atom stereocenters. The first kappa shape index (κ1) is 12.8. The Morgan fingerprint density at radius 2 is 2.28 bits per heavy atom. The van der Waals surface area contributed by atoms with E-state index >= 15 is 0 Å². The van der Waals surface area contributed by atoms with Gasteiger partial charge in [0.1, 0.15) is 5.82 Å². The lowest BCUT2D eigenvalue weighted by Gasteiger charge is -2.02. The molecule has 0 aliphatic carbocycles. The van der Waals surface area contributed by atoms with Gasteiger partial charge in [-0.1, -0.05) is 24.6 Å². The molecule has 0 saturated carbocycles. The summed E-state index contributed by atoms with van der Waals surface area (Å²) in [6, 6.07) is 4.18. The Kier molecular flexibility index (Phi) is 3.77. The molecule has 1 heterocycles. The van der Waals surface area contributed by atoms with Gasteiger partial charge in [-0.25, -0.2) is 4.39 Å². The fourth-order valence-electron chi connectivity index (χ4n) is 1.69. The Bertz CT molecular complexity index is 560. The van der Waals surface area contributed by atoms with E-state index in [-0.39, 0.29) is 10.6 Å². The zero-order valence-electron chi connectivity index (χ0n) is 9.86. The van der Waals surface area contributed by atoms with Crippen molar-refractivity contribution in [3.63, 3.8) is 0 Å². The Hall–Kier alpha value is -1.68. The maximum Gasteiger partial charge on any atom is 0.200 e. The lowest BCUT2D eigenvalue weighted by molar-refractivity contribution is 0.103. The predicted molar refractivity (Wildman–Crippen MR) is 67.4 cm³/mol. The molecule has 0 fully saturated rings. The van der Waals surface area contributed by atoms with Crippen molar-refractivity contribution in [2.75, 3.05) is 0 Å². The SMILES string of the molecule is CCCn1cc(C(=O)c2c(F)cccc2Cl)cn1. The van der Waals surface area contributed by atoms with Crippen LogP contribution in [0.2, 0.25) is 5.02 Å². The van der Waals surface area contributed by atoms with Gasteiger partial charge < -0.3 is 0 Å². The molecular weight excluding hydrogens is 255 g/mol. The first-order valence-corrected chi connectivity index (χ1v) is 6.02. The molecular formula is C13H12ClFN2O. The van der Waals surface area contributed by atoms with Gasteiger partial charge in [-0.2, -0.15) is 5.10 Å². The van der Waals surface area contributed by atoms with Gasteiger partial charge in [0.25, 0.3) is 0 Å². The second-order valence-corrected chi connectivity index (χ2v) is 4.33. The number of hydrogen-bond acceptors (Lipinski definition) is 2. The summed E-state index contributed by atoms with van der Waals surface area (Å²) in [6.45, 7) is 2.73. The molecule has 1 aromatic carbocycles. The predicted octanol–water partition coefficient (Wildman–Crippen LogP) is 3.32. The average molecular weight is 267 g/mol. The van der Waals surface area contributed by atoms with Crippen molar-refractivity contribution in [1.29, 1.82) is 0 Å². The molecule has 2 rings (SSSR count). The van der Waals surface area contributed by atoms with Crippen LogP contribution in [0, 0.1) is 5.82 Å². The highest BCUT2D eigenvalue weighted by molar-refractivity contribution is 6.35. The second kappa shape index (κ2) is 5.31. The fourth-order valence-corrected chi connectivity index (χ4v) is 1.94. The van der Waals surface area contributed by atoms with Crippen molar-refractivity contribution in [3.05, 3.63) is 52.6 Å². The molecule has 3 nitrogen and oxygen atoms in total. The molecule has 0 aliphatic rings. The first-order valence-electron chi connectivity index (χ1n) is 5.64. The van der Waals surface area contributed by atoms with Crippen LogP contribution in [0.25, 0.3) is 0 Å². The third-order valence-electron chi connectivity index (χ3n) is 2.54. The highest BCUT2D eigenvalue weighted by atomic mass is 35.5. The zero-order valence-corrected chi connectivity index (χ0v) is 10.6. The molecule has 0 radical (unpaired) electrons. The minimum absolute atomic E-state index is 0.102. The number of carbonyl (C=O) groups excluding carboxylic acids is 1. The van der Waals surface area contributed by atoms with E-state index in [1.165, 1.54) is 24.4 Å². The van der Waals surface area contributed by atoms with Gasteiger partial charge in [-0.05, 0) is 18.6 Å². The number of hydrogen-bond donors (Lipinski definition) is 0. The van der Waals surface area contributed by atoms with Crippen LogP contribution in [-0.2, 0) is 6.54 Å². The summed E-state index contributed by atoms with van der Waals surface area (Å²) in [5.74, 6) is -1.06. The van der Waals surface area contributed by atoms with Gasteiger partial charge in [-0.15, -0.1) is 0 Å². The van der Waals surface area contributed by atoms with E-state index in [0.29, 0.717) is 5.56 Å². The van der Waals surface area contributed by atoms with E-state index in [4.69, 9.17) is 11.6 Å². The number of aryl methyl sites for hydroxylation is 1. The van der Waals surface area contributed by atoms with Gasteiger partial charge >= 0.3 is 0 Å². The van der Waals surface area contributed by atoms with Crippen LogP contribution in [0.5, 0.6) is 0 Å².